The van der Waals surface area contributed by atoms with Crippen LogP contribution in [0.25, 0.3) is 0 Å². The summed E-state index contributed by atoms with van der Waals surface area (Å²) in [7, 11) is 0. The molecule has 2 fully saturated rings. The van der Waals surface area contributed by atoms with Crippen LogP contribution < -0.4 is 0 Å². The lowest BCUT2D eigenvalue weighted by Gasteiger charge is -2.36. The van der Waals surface area contributed by atoms with Gasteiger partial charge in [0.2, 0.25) is 5.91 Å². The van der Waals surface area contributed by atoms with Gasteiger partial charge >= 0.3 is 5.97 Å². The van der Waals surface area contributed by atoms with E-state index in [4.69, 9.17) is 5.11 Å². The van der Waals surface area contributed by atoms with Gasteiger partial charge in [0.05, 0.1) is 6.54 Å². The molecule has 0 bridgehead atoms. The molecule has 2 heterocycles. The first kappa shape index (κ1) is 11.7. The Morgan fingerprint density at radius 2 is 2.06 bits per heavy atom. The second-order valence-electron chi connectivity index (χ2n) is 4.13. The lowest BCUT2D eigenvalue weighted by Crippen LogP contribution is -2.53. The third-order valence-corrected chi connectivity index (χ3v) is 4.09. The van der Waals surface area contributed by atoms with Gasteiger partial charge in [0, 0.05) is 31.1 Å². The van der Waals surface area contributed by atoms with E-state index in [2.05, 4.69) is 0 Å². The summed E-state index contributed by atoms with van der Waals surface area (Å²) < 4.78 is 0. The van der Waals surface area contributed by atoms with Crippen molar-refractivity contribution in [1.29, 1.82) is 0 Å². The quantitative estimate of drug-likeness (QED) is 0.740. The smallest absolute Gasteiger partial charge is 0.321 e. The van der Waals surface area contributed by atoms with Gasteiger partial charge in [-0.2, -0.15) is 11.8 Å². The van der Waals surface area contributed by atoms with Crippen molar-refractivity contribution in [3.63, 3.8) is 0 Å². The maximum atomic E-state index is 11.7. The van der Waals surface area contributed by atoms with Crippen LogP contribution in [0.5, 0.6) is 0 Å². The minimum Gasteiger partial charge on any atom is -0.480 e. The number of rotatable bonds is 3. The van der Waals surface area contributed by atoms with Gasteiger partial charge in [0.15, 0.2) is 0 Å². The first-order valence-corrected chi connectivity index (χ1v) is 6.66. The molecule has 90 valence electrons. The summed E-state index contributed by atoms with van der Waals surface area (Å²) in [5, 5.41) is 9.05. The van der Waals surface area contributed by atoms with Crippen molar-refractivity contribution in [3.05, 3.63) is 0 Å². The summed E-state index contributed by atoms with van der Waals surface area (Å²) >= 11 is 1.64. The molecule has 5 nitrogen and oxygen atoms in total. The van der Waals surface area contributed by atoms with Crippen molar-refractivity contribution in [2.75, 3.05) is 37.7 Å². The molecule has 1 amide bonds. The third-order valence-electron chi connectivity index (χ3n) is 3.07. The zero-order chi connectivity index (χ0) is 11.5. The van der Waals surface area contributed by atoms with Crippen LogP contribution in [0, 0.1) is 0 Å². The summed E-state index contributed by atoms with van der Waals surface area (Å²) in [6, 6.07) is -0.496. The van der Waals surface area contributed by atoms with Gasteiger partial charge in [0.1, 0.15) is 6.04 Å². The maximum Gasteiger partial charge on any atom is 0.321 e. The highest BCUT2D eigenvalue weighted by molar-refractivity contribution is 7.99. The van der Waals surface area contributed by atoms with Crippen LogP contribution in [0.4, 0.5) is 0 Å². The van der Waals surface area contributed by atoms with Crippen molar-refractivity contribution in [2.24, 2.45) is 0 Å². The van der Waals surface area contributed by atoms with Gasteiger partial charge in [-0.1, -0.05) is 0 Å². The molecule has 6 heteroatoms. The molecule has 0 saturated carbocycles. The van der Waals surface area contributed by atoms with Crippen LogP contribution in [0.15, 0.2) is 0 Å². The molecule has 0 aliphatic carbocycles. The summed E-state index contributed by atoms with van der Waals surface area (Å²) in [5.74, 6) is 0.757. The Kier molecular flexibility index (Phi) is 3.70. The normalized spacial score (nSPS) is 26.2. The average Bonchev–Trinajstić information content (AvgIpc) is 2.15. The van der Waals surface area contributed by atoms with Crippen LogP contribution in [-0.2, 0) is 9.59 Å². The highest BCUT2D eigenvalue weighted by atomic mass is 32.2. The SMILES string of the molecule is O=C(O)C1CSCCN1CC(=O)N1CCC1. The maximum absolute atomic E-state index is 11.7. The minimum absolute atomic E-state index is 0.0735. The van der Waals surface area contributed by atoms with Gasteiger partial charge in [-0.05, 0) is 6.42 Å². The van der Waals surface area contributed by atoms with Gasteiger partial charge in [-0.3, -0.25) is 14.5 Å². The molecule has 0 aromatic rings. The molecule has 2 aliphatic rings. The molecule has 16 heavy (non-hydrogen) atoms. The van der Waals surface area contributed by atoms with E-state index in [-0.39, 0.29) is 12.5 Å². The number of nitrogens with zero attached hydrogens (tertiary/aromatic N) is 2. The van der Waals surface area contributed by atoms with Crippen molar-refractivity contribution >= 4 is 23.6 Å². The average molecular weight is 244 g/mol. The Hall–Kier alpha value is -0.750. The topological polar surface area (TPSA) is 60.9 Å². The van der Waals surface area contributed by atoms with E-state index in [1.54, 1.807) is 21.6 Å². The number of likely N-dealkylation sites (tertiary alicyclic amines) is 1. The number of carboxylic acid groups (broad SMARTS) is 1. The van der Waals surface area contributed by atoms with E-state index in [0.29, 0.717) is 12.3 Å². The summed E-state index contributed by atoms with van der Waals surface area (Å²) in [4.78, 5) is 26.3. The number of amides is 1. The van der Waals surface area contributed by atoms with E-state index >= 15 is 0 Å². The van der Waals surface area contributed by atoms with Crippen LogP contribution >= 0.6 is 11.8 Å². The van der Waals surface area contributed by atoms with Gasteiger partial charge in [-0.15, -0.1) is 0 Å². The zero-order valence-electron chi connectivity index (χ0n) is 9.09. The van der Waals surface area contributed by atoms with Gasteiger partial charge < -0.3 is 10.0 Å². The largest absolute Gasteiger partial charge is 0.480 e. The second kappa shape index (κ2) is 5.05. The Morgan fingerprint density at radius 3 is 2.62 bits per heavy atom. The van der Waals surface area contributed by atoms with Gasteiger partial charge in [-0.25, -0.2) is 0 Å². The number of hydrogen-bond acceptors (Lipinski definition) is 4. The molecule has 0 aromatic heterocycles. The Balaban J connectivity index is 1.90. The predicted octanol–water partition coefficient (Wildman–Crippen LogP) is -0.279. The number of thioether (sulfide) groups is 1. The molecule has 0 aromatic carbocycles. The van der Waals surface area contributed by atoms with Crippen molar-refractivity contribution in [2.45, 2.75) is 12.5 Å². The molecular formula is C10H16N2O3S. The lowest BCUT2D eigenvalue weighted by molar-refractivity contribution is -0.144. The molecule has 1 atom stereocenters. The molecule has 2 saturated heterocycles. The summed E-state index contributed by atoms with van der Waals surface area (Å²) in [5.41, 5.74) is 0. The number of carbonyl (C=O) groups is 2. The fourth-order valence-electron chi connectivity index (χ4n) is 1.89. The highest BCUT2D eigenvalue weighted by Crippen LogP contribution is 2.17. The number of carboxylic acids is 1. The summed E-state index contributed by atoms with van der Waals surface area (Å²) in [6.07, 6.45) is 1.07. The Bertz CT molecular complexity index is 294. The second-order valence-corrected chi connectivity index (χ2v) is 5.28. The number of aliphatic carboxylic acids is 1. The number of carbonyl (C=O) groups excluding carboxylic acids is 1. The number of hydrogen-bond donors (Lipinski definition) is 1. The molecule has 1 N–H and O–H groups in total. The van der Waals surface area contributed by atoms with Gasteiger partial charge in [0.25, 0.3) is 0 Å². The van der Waals surface area contributed by atoms with E-state index in [1.165, 1.54) is 0 Å². The van der Waals surface area contributed by atoms with Crippen molar-refractivity contribution < 1.29 is 14.7 Å². The Morgan fingerprint density at radius 1 is 1.31 bits per heavy atom. The van der Waals surface area contributed by atoms with E-state index in [9.17, 15) is 9.59 Å². The van der Waals surface area contributed by atoms with E-state index in [0.717, 1.165) is 25.3 Å². The van der Waals surface area contributed by atoms with Crippen LogP contribution in [0.3, 0.4) is 0 Å². The molecule has 2 rings (SSSR count). The predicted molar refractivity (Wildman–Crippen MR) is 61.5 cm³/mol. The van der Waals surface area contributed by atoms with Crippen molar-refractivity contribution in [1.82, 2.24) is 9.80 Å². The van der Waals surface area contributed by atoms with Crippen LogP contribution in [0.1, 0.15) is 6.42 Å². The standard InChI is InChI=1S/C10H16N2O3S/c13-9(11-2-1-3-11)6-12-4-5-16-7-8(12)10(14)15/h8H,1-7H2,(H,14,15). The van der Waals surface area contributed by atoms with E-state index in [1.807, 2.05) is 0 Å². The molecule has 0 spiro atoms. The molecule has 0 radical (unpaired) electrons. The van der Waals surface area contributed by atoms with Crippen LogP contribution in [-0.4, -0.2) is 70.5 Å². The third kappa shape index (κ3) is 2.49. The van der Waals surface area contributed by atoms with Crippen molar-refractivity contribution in [3.8, 4) is 0 Å². The Labute approximate surface area is 98.8 Å². The monoisotopic (exact) mass is 244 g/mol. The fourth-order valence-corrected chi connectivity index (χ4v) is 3.00. The molecule has 2 aliphatic heterocycles. The lowest BCUT2D eigenvalue weighted by atomic mass is 10.2. The first-order valence-electron chi connectivity index (χ1n) is 5.51. The summed E-state index contributed by atoms with van der Waals surface area (Å²) in [6.45, 7) is 2.62. The van der Waals surface area contributed by atoms with Crippen LogP contribution in [0.2, 0.25) is 0 Å². The molecular weight excluding hydrogens is 228 g/mol. The highest BCUT2D eigenvalue weighted by Gasteiger charge is 2.32. The first-order chi connectivity index (χ1) is 7.68. The minimum atomic E-state index is -0.816. The fraction of sp³-hybridized carbons (Fsp3) is 0.800. The zero-order valence-corrected chi connectivity index (χ0v) is 9.91. The molecule has 1 unspecified atom stereocenters. The van der Waals surface area contributed by atoms with E-state index < -0.39 is 12.0 Å².